The summed E-state index contributed by atoms with van der Waals surface area (Å²) in [5, 5.41) is 2.63. The molecule has 0 aromatic heterocycles. The number of nitrogens with zero attached hydrogens (tertiary/aromatic N) is 1. The zero-order valence-electron chi connectivity index (χ0n) is 13.2. The predicted molar refractivity (Wildman–Crippen MR) is 93.0 cm³/mol. The first-order valence-corrected chi connectivity index (χ1v) is 9.43. The number of ether oxygens (including phenoxy) is 1. The molecule has 24 heavy (non-hydrogen) atoms. The average molecular weight is 346 g/mol. The molecule has 1 N–H and O–H groups in total. The second-order valence-corrected chi connectivity index (χ2v) is 7.52. The number of para-hydroxylation sites is 1. The number of amides is 1. The van der Waals surface area contributed by atoms with E-state index in [0.717, 1.165) is 18.4 Å². The third kappa shape index (κ3) is 3.68. The number of carbonyl (C=O) groups is 1. The largest absolute Gasteiger partial charge is 0.417 e. The summed E-state index contributed by atoms with van der Waals surface area (Å²) in [6.07, 6.45) is 2.16. The summed E-state index contributed by atoms with van der Waals surface area (Å²) >= 11 is 0. The van der Waals surface area contributed by atoms with E-state index in [4.69, 9.17) is 4.74 Å². The molecule has 0 aliphatic carbocycles. The fraction of sp³-hybridized carbons (Fsp3) is 0.235. The van der Waals surface area contributed by atoms with Gasteiger partial charge in [0.15, 0.2) is 0 Å². The van der Waals surface area contributed by atoms with E-state index in [0.29, 0.717) is 23.7 Å². The first-order chi connectivity index (χ1) is 11.4. The number of sulfonamides is 1. The predicted octanol–water partition coefficient (Wildman–Crippen LogP) is 3.01. The summed E-state index contributed by atoms with van der Waals surface area (Å²) in [6.45, 7) is 0.448. The average Bonchev–Trinajstić information content (AvgIpc) is 2.54. The lowest BCUT2D eigenvalue weighted by Gasteiger charge is -2.29. The van der Waals surface area contributed by atoms with Crippen LogP contribution in [0.3, 0.4) is 0 Å². The first-order valence-electron chi connectivity index (χ1n) is 7.58. The second kappa shape index (κ2) is 6.52. The van der Waals surface area contributed by atoms with Crippen molar-refractivity contribution in [2.45, 2.75) is 12.8 Å². The highest BCUT2D eigenvalue weighted by atomic mass is 32.2. The van der Waals surface area contributed by atoms with Gasteiger partial charge in [0.2, 0.25) is 10.0 Å². The highest BCUT2D eigenvalue weighted by Gasteiger charge is 2.24. The van der Waals surface area contributed by atoms with E-state index in [1.54, 1.807) is 36.4 Å². The van der Waals surface area contributed by atoms with Gasteiger partial charge in [0, 0.05) is 12.2 Å². The molecule has 3 rings (SSSR count). The molecule has 0 saturated heterocycles. The summed E-state index contributed by atoms with van der Waals surface area (Å²) in [5.74, 6) is 0.436. The lowest BCUT2D eigenvalue weighted by molar-refractivity contribution is 0.215. The van der Waals surface area contributed by atoms with Gasteiger partial charge in [0.05, 0.1) is 11.9 Å². The fourth-order valence-electron chi connectivity index (χ4n) is 2.70. The van der Waals surface area contributed by atoms with Crippen LogP contribution in [0.5, 0.6) is 5.75 Å². The summed E-state index contributed by atoms with van der Waals surface area (Å²) in [7, 11) is -3.34. The molecule has 0 fully saturated rings. The van der Waals surface area contributed by atoms with Gasteiger partial charge in [-0.15, -0.1) is 0 Å². The molecule has 1 aliphatic heterocycles. The molecule has 1 amide bonds. The van der Waals surface area contributed by atoms with Gasteiger partial charge in [-0.1, -0.05) is 24.3 Å². The van der Waals surface area contributed by atoms with Crippen molar-refractivity contribution < 1.29 is 17.9 Å². The highest BCUT2D eigenvalue weighted by Crippen LogP contribution is 2.31. The summed E-state index contributed by atoms with van der Waals surface area (Å²) in [6, 6.07) is 14.0. The third-order valence-electron chi connectivity index (χ3n) is 3.76. The number of aryl methyl sites for hydroxylation is 1. The zero-order chi connectivity index (χ0) is 17.2. The standard InChI is InChI=1S/C17H18N2O4S/c1-24(21,22)19-11-5-6-13-9-10-14(12-16(13)19)18-17(20)23-15-7-3-2-4-8-15/h2-4,7-10,12H,5-6,11H2,1H3,(H,18,20). The Morgan fingerprint density at radius 2 is 1.92 bits per heavy atom. The van der Waals surface area contributed by atoms with Gasteiger partial charge >= 0.3 is 6.09 Å². The summed E-state index contributed by atoms with van der Waals surface area (Å²) in [5.41, 5.74) is 2.06. The maximum absolute atomic E-state index is 12.0. The third-order valence-corrected chi connectivity index (χ3v) is 4.94. The molecule has 2 aromatic rings. The van der Waals surface area contributed by atoms with Gasteiger partial charge < -0.3 is 4.74 Å². The van der Waals surface area contributed by atoms with Gasteiger partial charge in [-0.05, 0) is 42.7 Å². The molecule has 7 heteroatoms. The van der Waals surface area contributed by atoms with E-state index >= 15 is 0 Å². The van der Waals surface area contributed by atoms with Crippen LogP contribution < -0.4 is 14.4 Å². The van der Waals surface area contributed by atoms with Gasteiger partial charge in [0.25, 0.3) is 0 Å². The molecular formula is C17H18N2O4S. The Morgan fingerprint density at radius 3 is 2.62 bits per heavy atom. The number of rotatable bonds is 3. The summed E-state index contributed by atoms with van der Waals surface area (Å²) in [4.78, 5) is 12.0. The Kier molecular flexibility index (Phi) is 4.44. The van der Waals surface area contributed by atoms with Crippen LogP contribution in [0, 0.1) is 0 Å². The van der Waals surface area contributed by atoms with E-state index in [2.05, 4.69) is 5.32 Å². The molecule has 0 atom stereocenters. The minimum absolute atomic E-state index is 0.436. The van der Waals surface area contributed by atoms with Crippen molar-refractivity contribution in [3.05, 3.63) is 54.1 Å². The van der Waals surface area contributed by atoms with E-state index in [-0.39, 0.29) is 0 Å². The van der Waals surface area contributed by atoms with Crippen LogP contribution in [-0.2, 0) is 16.4 Å². The number of hydrogen-bond donors (Lipinski definition) is 1. The SMILES string of the molecule is CS(=O)(=O)N1CCCc2ccc(NC(=O)Oc3ccccc3)cc21. The zero-order valence-corrected chi connectivity index (χ0v) is 14.0. The van der Waals surface area contributed by atoms with Crippen molar-refractivity contribution in [1.29, 1.82) is 0 Å². The van der Waals surface area contributed by atoms with Gasteiger partial charge in [-0.25, -0.2) is 13.2 Å². The Labute approximate surface area is 141 Å². The number of fused-ring (bicyclic) bond motifs is 1. The monoisotopic (exact) mass is 346 g/mol. The molecule has 1 aliphatic rings. The number of hydrogen-bond acceptors (Lipinski definition) is 4. The van der Waals surface area contributed by atoms with E-state index in [1.807, 2.05) is 12.1 Å². The van der Waals surface area contributed by atoms with Crippen LogP contribution in [0.4, 0.5) is 16.2 Å². The lowest BCUT2D eigenvalue weighted by atomic mass is 10.0. The number of benzene rings is 2. The Balaban J connectivity index is 1.79. The van der Waals surface area contributed by atoms with Crippen LogP contribution in [0.1, 0.15) is 12.0 Å². The van der Waals surface area contributed by atoms with Crippen molar-refractivity contribution >= 4 is 27.5 Å². The van der Waals surface area contributed by atoms with Gasteiger partial charge in [0.1, 0.15) is 5.75 Å². The van der Waals surface area contributed by atoms with Crippen molar-refractivity contribution in [3.8, 4) is 5.75 Å². The lowest BCUT2D eigenvalue weighted by Crippen LogP contribution is -2.34. The number of nitrogens with one attached hydrogen (secondary N) is 1. The molecule has 126 valence electrons. The Hall–Kier alpha value is -2.54. The minimum atomic E-state index is -3.34. The van der Waals surface area contributed by atoms with Gasteiger partial charge in [-0.2, -0.15) is 0 Å². The summed E-state index contributed by atoms with van der Waals surface area (Å²) < 4.78 is 30.4. The molecule has 0 spiro atoms. The maximum Gasteiger partial charge on any atom is 0.417 e. The molecule has 0 bridgehead atoms. The Bertz CT molecular complexity index is 850. The van der Waals surface area contributed by atoms with Gasteiger partial charge in [-0.3, -0.25) is 9.62 Å². The van der Waals surface area contributed by atoms with E-state index in [1.165, 1.54) is 10.6 Å². The molecule has 2 aromatic carbocycles. The van der Waals surface area contributed by atoms with Crippen molar-refractivity contribution in [1.82, 2.24) is 0 Å². The van der Waals surface area contributed by atoms with Crippen LogP contribution in [0.15, 0.2) is 48.5 Å². The molecule has 1 heterocycles. The topological polar surface area (TPSA) is 75.7 Å². The molecular weight excluding hydrogens is 328 g/mol. The minimum Gasteiger partial charge on any atom is -0.410 e. The van der Waals surface area contributed by atoms with Crippen LogP contribution in [0.25, 0.3) is 0 Å². The normalized spacial score (nSPS) is 14.0. The number of anilines is 2. The smallest absolute Gasteiger partial charge is 0.410 e. The Morgan fingerprint density at radius 1 is 1.17 bits per heavy atom. The second-order valence-electron chi connectivity index (χ2n) is 5.61. The van der Waals surface area contributed by atoms with Crippen LogP contribution in [-0.4, -0.2) is 27.3 Å². The molecule has 6 nitrogen and oxygen atoms in total. The molecule has 0 saturated carbocycles. The fourth-order valence-corrected chi connectivity index (χ4v) is 3.69. The van der Waals surface area contributed by atoms with Crippen LogP contribution in [0.2, 0.25) is 0 Å². The van der Waals surface area contributed by atoms with E-state index < -0.39 is 16.1 Å². The molecule has 0 unspecified atom stereocenters. The van der Waals surface area contributed by atoms with Crippen molar-refractivity contribution in [2.24, 2.45) is 0 Å². The first kappa shape index (κ1) is 16.3. The van der Waals surface area contributed by atoms with Crippen LogP contribution >= 0.6 is 0 Å². The van der Waals surface area contributed by atoms with E-state index in [9.17, 15) is 13.2 Å². The number of carbonyl (C=O) groups excluding carboxylic acids is 1. The maximum atomic E-state index is 12.0. The molecule has 0 radical (unpaired) electrons. The van der Waals surface area contributed by atoms with Crippen molar-refractivity contribution in [2.75, 3.05) is 22.4 Å². The van der Waals surface area contributed by atoms with Crippen molar-refractivity contribution in [3.63, 3.8) is 0 Å². The quantitative estimate of drug-likeness (QED) is 0.927. The highest BCUT2D eigenvalue weighted by molar-refractivity contribution is 7.92.